The predicted octanol–water partition coefficient (Wildman–Crippen LogP) is 2.44. The Morgan fingerprint density at radius 2 is 2.12 bits per heavy atom. The topological polar surface area (TPSA) is 89.4 Å². The summed E-state index contributed by atoms with van der Waals surface area (Å²) in [4.78, 5) is 24.3. The summed E-state index contributed by atoms with van der Waals surface area (Å²) in [5.74, 6) is 4.76. The summed E-state index contributed by atoms with van der Waals surface area (Å²) in [5.41, 5.74) is -0.220. The molecule has 1 aromatic carbocycles. The number of nitrogens with zero attached hydrogens (tertiary/aromatic N) is 2. The molecule has 1 aromatic heterocycles. The maximum absolute atomic E-state index is 12.2. The number of aliphatic carboxylic acids is 1. The van der Waals surface area contributed by atoms with Gasteiger partial charge in [0.25, 0.3) is 0 Å². The smallest absolute Gasteiger partial charge is 0.322 e. The molecule has 2 atom stereocenters. The molecule has 132 valence electrons. The van der Waals surface area contributed by atoms with Gasteiger partial charge in [-0.2, -0.15) is 5.10 Å². The maximum Gasteiger partial charge on any atom is 0.322 e. The van der Waals surface area contributed by atoms with Gasteiger partial charge in [-0.3, -0.25) is 9.59 Å². The van der Waals surface area contributed by atoms with Crippen LogP contribution in [-0.2, 0) is 9.59 Å². The summed E-state index contributed by atoms with van der Waals surface area (Å²) < 4.78 is 5.09. The number of rotatable bonds is 3. The van der Waals surface area contributed by atoms with Crippen molar-refractivity contribution in [2.45, 2.75) is 25.2 Å². The fourth-order valence-electron chi connectivity index (χ4n) is 3.26. The Kier molecular flexibility index (Phi) is 4.99. The van der Waals surface area contributed by atoms with Crippen LogP contribution in [0.1, 0.15) is 36.4 Å². The van der Waals surface area contributed by atoms with Gasteiger partial charge in [0, 0.05) is 24.8 Å². The van der Waals surface area contributed by atoms with Gasteiger partial charge in [0.05, 0.1) is 13.3 Å². The Morgan fingerprint density at radius 1 is 1.35 bits per heavy atom. The highest BCUT2D eigenvalue weighted by atomic mass is 16.5. The Balaban J connectivity index is 2.06. The van der Waals surface area contributed by atoms with Crippen molar-refractivity contribution >= 4 is 11.8 Å². The lowest BCUT2D eigenvalue weighted by molar-refractivity contribution is -0.149. The summed E-state index contributed by atoms with van der Waals surface area (Å²) in [5, 5.41) is 17.7. The number of ketones is 1. The van der Waals surface area contributed by atoms with Crippen molar-refractivity contribution in [3.63, 3.8) is 0 Å². The second kappa shape index (κ2) is 7.36. The third-order valence-corrected chi connectivity index (χ3v) is 4.69. The van der Waals surface area contributed by atoms with Gasteiger partial charge in [0.1, 0.15) is 22.6 Å². The monoisotopic (exact) mass is 350 g/mol. The molecule has 6 nitrogen and oxygen atoms in total. The SMILES string of the molecule is COc1cnnc(C#C[C@@]2(C(=O)O)CCC(=O)C[C@@H]2c2ccccc2)c1. The largest absolute Gasteiger partial charge is 0.495 e. The molecule has 3 rings (SSSR count). The molecule has 0 aliphatic heterocycles. The number of carboxylic acids is 1. The number of benzene rings is 1. The van der Waals surface area contributed by atoms with Crippen molar-refractivity contribution < 1.29 is 19.4 Å². The van der Waals surface area contributed by atoms with E-state index < -0.39 is 17.3 Å². The van der Waals surface area contributed by atoms with Crippen LogP contribution in [-0.4, -0.2) is 34.2 Å². The predicted molar refractivity (Wildman–Crippen MR) is 93.6 cm³/mol. The van der Waals surface area contributed by atoms with Crippen LogP contribution in [0.2, 0.25) is 0 Å². The van der Waals surface area contributed by atoms with E-state index in [-0.39, 0.29) is 25.0 Å². The quantitative estimate of drug-likeness (QED) is 0.855. The van der Waals surface area contributed by atoms with E-state index in [1.54, 1.807) is 6.07 Å². The molecule has 1 fully saturated rings. The first-order valence-corrected chi connectivity index (χ1v) is 8.25. The Hall–Kier alpha value is -3.20. The summed E-state index contributed by atoms with van der Waals surface area (Å²) >= 11 is 0. The van der Waals surface area contributed by atoms with Gasteiger partial charge in [0.2, 0.25) is 0 Å². The van der Waals surface area contributed by atoms with Crippen molar-refractivity contribution in [2.75, 3.05) is 7.11 Å². The molecule has 2 aromatic rings. The fraction of sp³-hybridized carbons (Fsp3) is 0.300. The molecule has 1 heterocycles. The molecular formula is C20H18N2O4. The van der Waals surface area contributed by atoms with Gasteiger partial charge in [-0.05, 0) is 17.9 Å². The summed E-state index contributed by atoms with van der Waals surface area (Å²) in [7, 11) is 1.51. The maximum atomic E-state index is 12.2. The molecule has 1 aliphatic carbocycles. The van der Waals surface area contributed by atoms with Crippen molar-refractivity contribution in [2.24, 2.45) is 5.41 Å². The lowest BCUT2D eigenvalue weighted by Gasteiger charge is -2.36. The molecule has 0 bridgehead atoms. The molecule has 1 N–H and O–H groups in total. The van der Waals surface area contributed by atoms with Crippen LogP contribution in [0.3, 0.4) is 0 Å². The average Bonchev–Trinajstić information content (AvgIpc) is 2.68. The number of aromatic nitrogens is 2. The van der Waals surface area contributed by atoms with Crippen LogP contribution in [0.15, 0.2) is 42.6 Å². The van der Waals surface area contributed by atoms with Gasteiger partial charge in [0.15, 0.2) is 0 Å². The van der Waals surface area contributed by atoms with Crippen LogP contribution in [0.4, 0.5) is 0 Å². The van der Waals surface area contributed by atoms with Crippen LogP contribution in [0.5, 0.6) is 5.75 Å². The third kappa shape index (κ3) is 3.42. The number of ether oxygens (including phenoxy) is 1. The third-order valence-electron chi connectivity index (χ3n) is 4.69. The molecule has 0 radical (unpaired) electrons. The van der Waals surface area contributed by atoms with E-state index in [4.69, 9.17) is 4.74 Å². The van der Waals surface area contributed by atoms with E-state index in [1.165, 1.54) is 13.3 Å². The standard InChI is InChI=1S/C20H18N2O4/c1-26-17-11-15(22-21-13-17)7-9-20(19(24)25)10-8-16(23)12-18(20)14-5-3-2-4-6-14/h2-6,11,13,18H,8,10,12H2,1H3,(H,24,25)/t18-,20-/m1/s1. The van der Waals surface area contributed by atoms with Gasteiger partial charge < -0.3 is 9.84 Å². The van der Waals surface area contributed by atoms with E-state index >= 15 is 0 Å². The molecule has 0 spiro atoms. The van der Waals surface area contributed by atoms with Gasteiger partial charge >= 0.3 is 5.97 Å². The van der Waals surface area contributed by atoms with E-state index in [1.807, 2.05) is 30.3 Å². The lowest BCUT2D eigenvalue weighted by Crippen LogP contribution is -2.41. The zero-order chi connectivity index (χ0) is 18.6. The first-order chi connectivity index (χ1) is 12.5. The van der Waals surface area contributed by atoms with Crippen molar-refractivity contribution in [1.29, 1.82) is 0 Å². The number of carboxylic acid groups (broad SMARTS) is 1. The van der Waals surface area contributed by atoms with Gasteiger partial charge in [-0.25, -0.2) is 0 Å². The van der Waals surface area contributed by atoms with Gasteiger partial charge in [-0.1, -0.05) is 36.3 Å². The molecule has 26 heavy (non-hydrogen) atoms. The molecule has 0 saturated heterocycles. The highest BCUT2D eigenvalue weighted by Gasteiger charge is 2.49. The molecule has 6 heteroatoms. The Bertz CT molecular complexity index is 885. The molecule has 1 aliphatic rings. The molecule has 0 unspecified atom stereocenters. The van der Waals surface area contributed by atoms with Gasteiger partial charge in [-0.15, -0.1) is 5.10 Å². The first kappa shape index (κ1) is 17.6. The van der Waals surface area contributed by atoms with Crippen LogP contribution in [0.25, 0.3) is 0 Å². The van der Waals surface area contributed by atoms with E-state index in [0.29, 0.717) is 11.4 Å². The minimum absolute atomic E-state index is 0.0544. The van der Waals surface area contributed by atoms with E-state index in [9.17, 15) is 14.7 Å². The number of hydrogen-bond donors (Lipinski definition) is 1. The number of hydrogen-bond acceptors (Lipinski definition) is 5. The van der Waals surface area contributed by atoms with E-state index in [0.717, 1.165) is 5.56 Å². The zero-order valence-electron chi connectivity index (χ0n) is 14.3. The van der Waals surface area contributed by atoms with Crippen molar-refractivity contribution in [3.05, 3.63) is 53.9 Å². The number of Topliss-reactive ketones (excluding diaryl/α,β-unsaturated/α-hetero) is 1. The Labute approximate surface area is 151 Å². The summed E-state index contributed by atoms with van der Waals surface area (Å²) in [6.45, 7) is 0. The fourth-order valence-corrected chi connectivity index (χ4v) is 3.26. The Morgan fingerprint density at radius 3 is 2.81 bits per heavy atom. The number of carbonyl (C=O) groups is 2. The molecular weight excluding hydrogens is 332 g/mol. The second-order valence-electron chi connectivity index (χ2n) is 6.21. The minimum atomic E-state index is -1.35. The normalized spacial score (nSPS) is 22.2. The number of carbonyl (C=O) groups excluding carboxylic acids is 1. The zero-order valence-corrected chi connectivity index (χ0v) is 14.3. The van der Waals surface area contributed by atoms with Crippen molar-refractivity contribution in [1.82, 2.24) is 10.2 Å². The van der Waals surface area contributed by atoms with E-state index in [2.05, 4.69) is 22.0 Å². The minimum Gasteiger partial charge on any atom is -0.495 e. The average molecular weight is 350 g/mol. The van der Waals surface area contributed by atoms with Crippen LogP contribution in [0, 0.1) is 17.3 Å². The molecule has 1 saturated carbocycles. The highest BCUT2D eigenvalue weighted by molar-refractivity contribution is 5.88. The van der Waals surface area contributed by atoms with Crippen LogP contribution >= 0.6 is 0 Å². The van der Waals surface area contributed by atoms with Crippen LogP contribution < -0.4 is 4.74 Å². The highest BCUT2D eigenvalue weighted by Crippen LogP contribution is 2.46. The first-order valence-electron chi connectivity index (χ1n) is 8.25. The number of methoxy groups -OCH3 is 1. The summed E-state index contributed by atoms with van der Waals surface area (Å²) in [6.07, 6.45) is 1.98. The van der Waals surface area contributed by atoms with Crippen molar-refractivity contribution in [3.8, 4) is 17.6 Å². The second-order valence-corrected chi connectivity index (χ2v) is 6.21. The lowest BCUT2D eigenvalue weighted by atomic mass is 9.63. The summed E-state index contributed by atoms with van der Waals surface area (Å²) in [6, 6.07) is 10.8. The molecule has 0 amide bonds.